The summed E-state index contributed by atoms with van der Waals surface area (Å²) in [6.07, 6.45) is 4.03. The smallest absolute Gasteiger partial charge is 0.298 e. The maximum Gasteiger partial charge on any atom is 0.345 e. The first-order chi connectivity index (χ1) is 12.0. The van der Waals surface area contributed by atoms with Crippen LogP contribution in [0.25, 0.3) is 0 Å². The Morgan fingerprint density at radius 3 is 1.15 bits per heavy atom. The van der Waals surface area contributed by atoms with E-state index in [0.29, 0.717) is 12.8 Å². The Labute approximate surface area is 158 Å². The van der Waals surface area contributed by atoms with Crippen LogP contribution in [0.15, 0.2) is 0 Å². The van der Waals surface area contributed by atoms with Crippen molar-refractivity contribution in [2.24, 2.45) is 11.8 Å². The van der Waals surface area contributed by atoms with Crippen molar-refractivity contribution in [3.63, 3.8) is 0 Å². The van der Waals surface area contributed by atoms with Gasteiger partial charge in [-0.05, 0) is 66.2 Å². The molecule has 6 heteroatoms. The quantitative estimate of drug-likeness (QED) is 0.328. The fraction of sp³-hybridized carbons (Fsp3) is 0.900. The first-order valence-electron chi connectivity index (χ1n) is 9.80. The summed E-state index contributed by atoms with van der Waals surface area (Å²) in [6, 6.07) is 0. The van der Waals surface area contributed by atoms with E-state index in [9.17, 15) is 9.59 Å². The van der Waals surface area contributed by atoms with E-state index in [1.54, 1.807) is 0 Å². The van der Waals surface area contributed by atoms with Gasteiger partial charge in [-0.2, -0.15) is 9.78 Å². The lowest BCUT2D eigenvalue weighted by Gasteiger charge is -2.29. The first-order valence-corrected chi connectivity index (χ1v) is 9.80. The zero-order valence-corrected chi connectivity index (χ0v) is 17.8. The van der Waals surface area contributed by atoms with Crippen LogP contribution in [-0.4, -0.2) is 23.1 Å². The Kier molecular flexibility index (Phi) is 11.0. The van der Waals surface area contributed by atoms with E-state index in [0.717, 1.165) is 25.7 Å². The zero-order chi connectivity index (χ0) is 20.4. The molecule has 0 aliphatic heterocycles. The Balaban J connectivity index is 4.41. The summed E-state index contributed by atoms with van der Waals surface area (Å²) in [5.41, 5.74) is -1.33. The molecule has 26 heavy (non-hydrogen) atoms. The Hall–Kier alpha value is -1.14. The highest BCUT2D eigenvalue weighted by Gasteiger charge is 2.31. The molecule has 0 amide bonds. The van der Waals surface area contributed by atoms with Gasteiger partial charge in [0.15, 0.2) is 0 Å². The fourth-order valence-electron chi connectivity index (χ4n) is 2.37. The predicted octanol–water partition coefficient (Wildman–Crippen LogP) is 5.15. The minimum Gasteiger partial charge on any atom is -0.298 e. The molecule has 0 fully saturated rings. The third kappa shape index (κ3) is 9.53. The van der Waals surface area contributed by atoms with Crippen LogP contribution in [0.3, 0.4) is 0 Å². The normalized spacial score (nSPS) is 12.5. The standard InChI is InChI=1S/C20H38O6/c1-9-15(10-2)17(21)23-25-19(5,6)13-14-20(7,8)26-24-18(22)16(11-3)12-4/h15-16H,9-14H2,1-8H3. The van der Waals surface area contributed by atoms with E-state index in [1.165, 1.54) is 0 Å². The minimum atomic E-state index is -0.665. The van der Waals surface area contributed by atoms with Crippen LogP contribution in [0, 0.1) is 11.8 Å². The van der Waals surface area contributed by atoms with Gasteiger partial charge in [-0.15, -0.1) is 0 Å². The van der Waals surface area contributed by atoms with Crippen molar-refractivity contribution in [1.82, 2.24) is 0 Å². The number of hydrogen-bond donors (Lipinski definition) is 0. The van der Waals surface area contributed by atoms with Crippen molar-refractivity contribution < 1.29 is 29.1 Å². The second kappa shape index (κ2) is 11.5. The van der Waals surface area contributed by atoms with Gasteiger partial charge in [0.25, 0.3) is 0 Å². The third-order valence-electron chi connectivity index (χ3n) is 4.67. The summed E-state index contributed by atoms with van der Waals surface area (Å²) in [6.45, 7) is 15.2. The lowest BCUT2D eigenvalue weighted by molar-refractivity contribution is -0.343. The maximum absolute atomic E-state index is 11.9. The van der Waals surface area contributed by atoms with Crippen LogP contribution in [0.2, 0.25) is 0 Å². The average molecular weight is 375 g/mol. The SMILES string of the molecule is CCC(CC)C(=O)OOC(C)(C)CCC(C)(C)OOC(=O)C(CC)CC. The van der Waals surface area contributed by atoms with Gasteiger partial charge >= 0.3 is 11.9 Å². The van der Waals surface area contributed by atoms with Gasteiger partial charge in [0.2, 0.25) is 0 Å². The molecule has 0 unspecified atom stereocenters. The van der Waals surface area contributed by atoms with E-state index in [4.69, 9.17) is 19.6 Å². The molecule has 0 spiro atoms. The van der Waals surface area contributed by atoms with Gasteiger partial charge in [-0.3, -0.25) is 9.78 Å². The highest BCUT2D eigenvalue weighted by molar-refractivity contribution is 5.72. The van der Waals surface area contributed by atoms with Gasteiger partial charge in [0, 0.05) is 0 Å². The molecule has 0 N–H and O–H groups in total. The van der Waals surface area contributed by atoms with Gasteiger partial charge in [0.1, 0.15) is 11.2 Å². The average Bonchev–Trinajstić information content (AvgIpc) is 2.59. The summed E-state index contributed by atoms with van der Waals surface area (Å²) in [5, 5.41) is 0. The molecule has 154 valence electrons. The molecule has 0 aromatic rings. The molecule has 0 bridgehead atoms. The van der Waals surface area contributed by atoms with Gasteiger partial charge in [-0.25, -0.2) is 9.59 Å². The van der Waals surface area contributed by atoms with Gasteiger partial charge in [-0.1, -0.05) is 27.7 Å². The molecule has 0 radical (unpaired) electrons. The van der Waals surface area contributed by atoms with E-state index in [-0.39, 0.29) is 23.8 Å². The molecule has 0 aromatic heterocycles. The van der Waals surface area contributed by atoms with Crippen LogP contribution < -0.4 is 0 Å². The van der Waals surface area contributed by atoms with Crippen LogP contribution in [-0.2, 0) is 29.1 Å². The lowest BCUT2D eigenvalue weighted by Crippen LogP contribution is -2.34. The summed E-state index contributed by atoms with van der Waals surface area (Å²) in [5.74, 6) is -0.958. The molecular weight excluding hydrogens is 336 g/mol. The van der Waals surface area contributed by atoms with Crippen molar-refractivity contribution in [3.8, 4) is 0 Å². The fourth-order valence-corrected chi connectivity index (χ4v) is 2.37. The second-order valence-corrected chi connectivity index (χ2v) is 8.02. The minimum absolute atomic E-state index is 0.143. The first kappa shape index (κ1) is 24.9. The summed E-state index contributed by atoms with van der Waals surface area (Å²) < 4.78 is 0. The molecule has 0 aliphatic rings. The monoisotopic (exact) mass is 374 g/mol. The number of rotatable bonds is 13. The topological polar surface area (TPSA) is 71.1 Å². The Morgan fingerprint density at radius 2 is 0.923 bits per heavy atom. The van der Waals surface area contributed by atoms with Crippen LogP contribution in [0.5, 0.6) is 0 Å². The largest absolute Gasteiger partial charge is 0.345 e. The highest BCUT2D eigenvalue weighted by atomic mass is 17.2. The molecule has 0 aliphatic carbocycles. The molecule has 0 saturated carbocycles. The number of carbonyl (C=O) groups excluding carboxylic acids is 2. The van der Waals surface area contributed by atoms with Crippen molar-refractivity contribution in [3.05, 3.63) is 0 Å². The zero-order valence-electron chi connectivity index (χ0n) is 17.8. The summed E-state index contributed by atoms with van der Waals surface area (Å²) >= 11 is 0. The van der Waals surface area contributed by atoms with E-state index >= 15 is 0 Å². The van der Waals surface area contributed by atoms with E-state index < -0.39 is 11.2 Å². The molecular formula is C20H38O6. The van der Waals surface area contributed by atoms with Gasteiger partial charge in [0.05, 0.1) is 11.8 Å². The third-order valence-corrected chi connectivity index (χ3v) is 4.67. The van der Waals surface area contributed by atoms with Crippen molar-refractivity contribution in [2.75, 3.05) is 0 Å². The summed E-state index contributed by atoms with van der Waals surface area (Å²) in [7, 11) is 0. The van der Waals surface area contributed by atoms with E-state index in [2.05, 4.69) is 0 Å². The van der Waals surface area contributed by atoms with Crippen molar-refractivity contribution in [2.45, 2.75) is 105 Å². The molecule has 0 heterocycles. The van der Waals surface area contributed by atoms with Crippen molar-refractivity contribution in [1.29, 1.82) is 0 Å². The molecule has 0 aromatic carbocycles. The van der Waals surface area contributed by atoms with E-state index in [1.807, 2.05) is 55.4 Å². The molecule has 0 atom stereocenters. The Bertz CT molecular complexity index is 382. The van der Waals surface area contributed by atoms with Crippen LogP contribution >= 0.6 is 0 Å². The Morgan fingerprint density at radius 1 is 0.654 bits per heavy atom. The molecule has 0 saturated heterocycles. The number of hydrogen-bond acceptors (Lipinski definition) is 6. The number of carbonyl (C=O) groups is 2. The van der Waals surface area contributed by atoms with Gasteiger partial charge < -0.3 is 0 Å². The predicted molar refractivity (Wildman–Crippen MR) is 99.9 cm³/mol. The van der Waals surface area contributed by atoms with Crippen LogP contribution in [0.4, 0.5) is 0 Å². The van der Waals surface area contributed by atoms with Crippen molar-refractivity contribution >= 4 is 11.9 Å². The highest BCUT2D eigenvalue weighted by Crippen LogP contribution is 2.26. The molecule has 6 nitrogen and oxygen atoms in total. The summed E-state index contributed by atoms with van der Waals surface area (Å²) in [4.78, 5) is 44.6. The van der Waals surface area contributed by atoms with Crippen LogP contribution in [0.1, 0.15) is 93.9 Å². The maximum atomic E-state index is 11.9. The lowest BCUT2D eigenvalue weighted by atomic mass is 9.94. The second-order valence-electron chi connectivity index (χ2n) is 8.02. The molecule has 0 rings (SSSR count).